The summed E-state index contributed by atoms with van der Waals surface area (Å²) in [4.78, 5) is 0. The molecular formula is C9H17N. The van der Waals surface area contributed by atoms with E-state index >= 15 is 0 Å². The van der Waals surface area contributed by atoms with Crippen LogP contribution in [0.5, 0.6) is 0 Å². The fraction of sp³-hybridized carbons (Fsp3) is 1.00. The Morgan fingerprint density at radius 1 is 1.60 bits per heavy atom. The third kappa shape index (κ3) is 0.800. The summed E-state index contributed by atoms with van der Waals surface area (Å²) in [5, 5.41) is 0. The second-order valence-corrected chi connectivity index (χ2v) is 4.13. The molecule has 0 bridgehead atoms. The highest BCUT2D eigenvalue weighted by Crippen LogP contribution is 2.58. The molecule has 0 aliphatic heterocycles. The van der Waals surface area contributed by atoms with E-state index in [0.717, 1.165) is 11.8 Å². The Morgan fingerprint density at radius 2 is 2.40 bits per heavy atom. The Morgan fingerprint density at radius 3 is 2.80 bits per heavy atom. The highest BCUT2D eigenvalue weighted by Gasteiger charge is 2.58. The van der Waals surface area contributed by atoms with E-state index in [9.17, 15) is 0 Å². The predicted octanol–water partition coefficient (Wildman–Crippen LogP) is 1.91. The molecule has 58 valence electrons. The van der Waals surface area contributed by atoms with Gasteiger partial charge in [0.2, 0.25) is 0 Å². The van der Waals surface area contributed by atoms with Crippen LogP contribution in [0.3, 0.4) is 0 Å². The van der Waals surface area contributed by atoms with E-state index in [1.54, 1.807) is 0 Å². The highest BCUT2D eigenvalue weighted by atomic mass is 14.9. The zero-order valence-corrected chi connectivity index (χ0v) is 6.77. The van der Waals surface area contributed by atoms with Gasteiger partial charge in [0.15, 0.2) is 0 Å². The van der Waals surface area contributed by atoms with Gasteiger partial charge in [0.05, 0.1) is 0 Å². The standard InChI is InChI=1S/C9H17N/c1-2-3-7-4-5-9(10)6-8(7)9/h7-8H,2-6,10H2,1H3. The minimum Gasteiger partial charge on any atom is -0.325 e. The van der Waals surface area contributed by atoms with Crippen molar-refractivity contribution in [3.8, 4) is 0 Å². The largest absolute Gasteiger partial charge is 0.325 e. The third-order valence-corrected chi connectivity index (χ3v) is 3.39. The predicted molar refractivity (Wildman–Crippen MR) is 42.7 cm³/mol. The summed E-state index contributed by atoms with van der Waals surface area (Å²) in [6, 6.07) is 0. The lowest BCUT2D eigenvalue weighted by atomic mass is 9.98. The molecule has 2 aliphatic rings. The Balaban J connectivity index is 1.92. The average molecular weight is 139 g/mol. The van der Waals surface area contributed by atoms with E-state index in [0.29, 0.717) is 5.54 Å². The summed E-state index contributed by atoms with van der Waals surface area (Å²) in [5.74, 6) is 1.92. The molecule has 1 nitrogen and oxygen atoms in total. The quantitative estimate of drug-likeness (QED) is 0.621. The van der Waals surface area contributed by atoms with Gasteiger partial charge in [0.25, 0.3) is 0 Å². The van der Waals surface area contributed by atoms with Crippen LogP contribution in [0.15, 0.2) is 0 Å². The maximum absolute atomic E-state index is 6.07. The maximum atomic E-state index is 6.07. The van der Waals surface area contributed by atoms with Gasteiger partial charge in [0, 0.05) is 5.54 Å². The van der Waals surface area contributed by atoms with Crippen molar-refractivity contribution in [2.75, 3.05) is 0 Å². The zero-order valence-electron chi connectivity index (χ0n) is 6.77. The molecule has 0 heterocycles. The molecule has 0 aromatic rings. The van der Waals surface area contributed by atoms with Gasteiger partial charge >= 0.3 is 0 Å². The molecule has 0 aromatic heterocycles. The van der Waals surface area contributed by atoms with Crippen LogP contribution in [0.4, 0.5) is 0 Å². The van der Waals surface area contributed by atoms with Crippen molar-refractivity contribution < 1.29 is 0 Å². The summed E-state index contributed by atoms with van der Waals surface area (Å²) in [6.45, 7) is 2.28. The van der Waals surface area contributed by atoms with E-state index < -0.39 is 0 Å². The highest BCUT2D eigenvalue weighted by molar-refractivity contribution is 5.14. The molecule has 0 saturated heterocycles. The van der Waals surface area contributed by atoms with Gasteiger partial charge in [-0.15, -0.1) is 0 Å². The lowest BCUT2D eigenvalue weighted by molar-refractivity contribution is 0.439. The minimum absolute atomic E-state index is 0.333. The number of nitrogens with two attached hydrogens (primary N) is 1. The van der Waals surface area contributed by atoms with Gasteiger partial charge in [-0.3, -0.25) is 0 Å². The van der Waals surface area contributed by atoms with Crippen LogP contribution < -0.4 is 5.73 Å². The first-order chi connectivity index (χ1) is 4.76. The van der Waals surface area contributed by atoms with Crippen molar-refractivity contribution in [2.24, 2.45) is 17.6 Å². The van der Waals surface area contributed by atoms with E-state index in [2.05, 4.69) is 6.92 Å². The van der Waals surface area contributed by atoms with E-state index in [1.165, 1.54) is 32.1 Å². The summed E-state index contributed by atoms with van der Waals surface area (Å²) < 4.78 is 0. The summed E-state index contributed by atoms with van der Waals surface area (Å²) in [6.07, 6.45) is 6.82. The Kier molecular flexibility index (Phi) is 1.31. The van der Waals surface area contributed by atoms with Crippen molar-refractivity contribution in [2.45, 2.75) is 44.6 Å². The van der Waals surface area contributed by atoms with Gasteiger partial charge in [-0.05, 0) is 31.1 Å². The Labute approximate surface area is 63.0 Å². The fourth-order valence-electron chi connectivity index (χ4n) is 2.65. The van der Waals surface area contributed by atoms with Crippen molar-refractivity contribution in [1.82, 2.24) is 0 Å². The van der Waals surface area contributed by atoms with Crippen molar-refractivity contribution in [1.29, 1.82) is 0 Å². The van der Waals surface area contributed by atoms with Crippen molar-refractivity contribution in [3.05, 3.63) is 0 Å². The molecule has 2 fully saturated rings. The number of fused-ring (bicyclic) bond motifs is 1. The molecule has 2 aliphatic carbocycles. The lowest BCUT2D eigenvalue weighted by Gasteiger charge is -2.07. The topological polar surface area (TPSA) is 26.0 Å². The second-order valence-electron chi connectivity index (χ2n) is 4.13. The molecule has 0 amide bonds. The molecule has 1 heteroatoms. The molecule has 2 rings (SSSR count). The number of hydrogen-bond acceptors (Lipinski definition) is 1. The lowest BCUT2D eigenvalue weighted by Crippen LogP contribution is -2.20. The van der Waals surface area contributed by atoms with Crippen molar-refractivity contribution in [3.63, 3.8) is 0 Å². The molecule has 2 N–H and O–H groups in total. The number of rotatable bonds is 2. The fourth-order valence-corrected chi connectivity index (χ4v) is 2.65. The molecule has 0 radical (unpaired) electrons. The second kappa shape index (κ2) is 1.97. The van der Waals surface area contributed by atoms with Crippen LogP contribution in [-0.4, -0.2) is 5.54 Å². The first kappa shape index (κ1) is 6.66. The van der Waals surface area contributed by atoms with Crippen LogP contribution >= 0.6 is 0 Å². The minimum atomic E-state index is 0.333. The Bertz CT molecular complexity index is 142. The van der Waals surface area contributed by atoms with Gasteiger partial charge in [-0.25, -0.2) is 0 Å². The smallest absolute Gasteiger partial charge is 0.0189 e. The summed E-state index contributed by atoms with van der Waals surface area (Å²) in [5.41, 5.74) is 6.41. The average Bonchev–Trinajstić information content (AvgIpc) is 2.48. The van der Waals surface area contributed by atoms with E-state index in [-0.39, 0.29) is 0 Å². The first-order valence-electron chi connectivity index (χ1n) is 4.55. The normalized spacial score (nSPS) is 51.0. The van der Waals surface area contributed by atoms with E-state index in [4.69, 9.17) is 5.73 Å². The zero-order chi connectivity index (χ0) is 7.19. The van der Waals surface area contributed by atoms with Gasteiger partial charge < -0.3 is 5.73 Å². The first-order valence-corrected chi connectivity index (χ1v) is 4.55. The third-order valence-electron chi connectivity index (χ3n) is 3.39. The van der Waals surface area contributed by atoms with Crippen LogP contribution in [0, 0.1) is 11.8 Å². The van der Waals surface area contributed by atoms with Crippen molar-refractivity contribution >= 4 is 0 Å². The van der Waals surface area contributed by atoms with Crippen LogP contribution in [-0.2, 0) is 0 Å². The maximum Gasteiger partial charge on any atom is 0.0189 e. The molecule has 2 saturated carbocycles. The molecule has 0 spiro atoms. The molecule has 0 aromatic carbocycles. The van der Waals surface area contributed by atoms with Crippen LogP contribution in [0.1, 0.15) is 39.0 Å². The monoisotopic (exact) mass is 139 g/mol. The molecule has 3 unspecified atom stereocenters. The van der Waals surface area contributed by atoms with Crippen LogP contribution in [0.2, 0.25) is 0 Å². The van der Waals surface area contributed by atoms with Gasteiger partial charge in [0.1, 0.15) is 0 Å². The summed E-state index contributed by atoms with van der Waals surface area (Å²) in [7, 11) is 0. The molecular weight excluding hydrogens is 122 g/mol. The van der Waals surface area contributed by atoms with Gasteiger partial charge in [-0.2, -0.15) is 0 Å². The van der Waals surface area contributed by atoms with Crippen LogP contribution in [0.25, 0.3) is 0 Å². The number of hydrogen-bond donors (Lipinski definition) is 1. The Hall–Kier alpha value is -0.0400. The molecule has 10 heavy (non-hydrogen) atoms. The molecule has 3 atom stereocenters. The van der Waals surface area contributed by atoms with E-state index in [1.807, 2.05) is 0 Å². The van der Waals surface area contributed by atoms with Gasteiger partial charge in [-0.1, -0.05) is 19.8 Å². The summed E-state index contributed by atoms with van der Waals surface area (Å²) >= 11 is 0. The SMILES string of the molecule is CCCC1CCC2(N)CC12.